The Hall–Kier alpha value is -2.11. The lowest BCUT2D eigenvalue weighted by molar-refractivity contribution is 0.920. The molecule has 0 aliphatic carbocycles. The Labute approximate surface area is 165 Å². The van der Waals surface area contributed by atoms with Gasteiger partial charge in [0.15, 0.2) is 0 Å². The first-order valence-corrected chi connectivity index (χ1v) is 10.2. The molecular weight excluding hydrogens is 406 g/mol. The molecule has 26 heavy (non-hydrogen) atoms. The highest BCUT2D eigenvalue weighted by Crippen LogP contribution is 2.30. The quantitative estimate of drug-likeness (QED) is 0.373. The van der Waals surface area contributed by atoms with E-state index in [2.05, 4.69) is 77.2 Å². The monoisotopic (exact) mass is 423 g/mol. The first-order chi connectivity index (χ1) is 12.6. The summed E-state index contributed by atoms with van der Waals surface area (Å²) in [5, 5.41) is 5.77. The van der Waals surface area contributed by atoms with Gasteiger partial charge in [-0.15, -0.1) is 0 Å². The second-order valence-corrected chi connectivity index (χ2v) is 8.21. The van der Waals surface area contributed by atoms with Crippen molar-refractivity contribution < 1.29 is 0 Å². The van der Waals surface area contributed by atoms with E-state index in [0.29, 0.717) is 0 Å². The highest BCUT2D eigenvalue weighted by molar-refractivity contribution is 9.10. The van der Waals surface area contributed by atoms with Gasteiger partial charge < -0.3 is 0 Å². The number of hydrogen-bond donors (Lipinski definition) is 0. The molecule has 0 amide bonds. The maximum atomic E-state index is 4.77. The SMILES string of the molecule is Cc1ccc(C)c(-c2cc3c(SCc4cccc(Br)c4)nccn3n2)c1. The summed E-state index contributed by atoms with van der Waals surface area (Å²) >= 11 is 5.27. The van der Waals surface area contributed by atoms with Gasteiger partial charge in [-0.05, 0) is 49.2 Å². The van der Waals surface area contributed by atoms with Crippen LogP contribution in [0.2, 0.25) is 0 Å². The van der Waals surface area contributed by atoms with E-state index in [1.165, 1.54) is 22.3 Å². The van der Waals surface area contributed by atoms with E-state index in [0.717, 1.165) is 26.5 Å². The van der Waals surface area contributed by atoms with E-state index in [1.54, 1.807) is 11.8 Å². The number of aryl methyl sites for hydroxylation is 2. The zero-order valence-corrected chi connectivity index (χ0v) is 17.0. The number of fused-ring (bicyclic) bond motifs is 1. The number of aromatic nitrogens is 3. The van der Waals surface area contributed by atoms with Gasteiger partial charge in [0.05, 0.1) is 11.2 Å². The van der Waals surface area contributed by atoms with Crippen LogP contribution in [0.4, 0.5) is 0 Å². The van der Waals surface area contributed by atoms with Gasteiger partial charge in [-0.1, -0.05) is 57.5 Å². The highest BCUT2D eigenvalue weighted by atomic mass is 79.9. The van der Waals surface area contributed by atoms with Crippen molar-refractivity contribution in [2.75, 3.05) is 0 Å². The number of hydrogen-bond acceptors (Lipinski definition) is 3. The molecule has 0 aliphatic heterocycles. The normalized spacial score (nSPS) is 11.2. The maximum absolute atomic E-state index is 4.77. The van der Waals surface area contributed by atoms with Gasteiger partial charge >= 0.3 is 0 Å². The fourth-order valence-corrected chi connectivity index (χ4v) is 4.30. The van der Waals surface area contributed by atoms with Gasteiger partial charge in [0.2, 0.25) is 0 Å². The molecule has 0 unspecified atom stereocenters. The second-order valence-electron chi connectivity index (χ2n) is 6.33. The second kappa shape index (κ2) is 7.25. The lowest BCUT2D eigenvalue weighted by atomic mass is 10.0. The summed E-state index contributed by atoms with van der Waals surface area (Å²) in [6.07, 6.45) is 3.73. The summed E-state index contributed by atoms with van der Waals surface area (Å²) in [4.78, 5) is 4.58. The van der Waals surface area contributed by atoms with Crippen LogP contribution >= 0.6 is 27.7 Å². The fraction of sp³-hybridized carbons (Fsp3) is 0.143. The van der Waals surface area contributed by atoms with Gasteiger partial charge in [-0.25, -0.2) is 9.50 Å². The molecule has 0 atom stereocenters. The predicted octanol–water partition coefficient (Wildman–Crippen LogP) is 6.07. The molecule has 0 bridgehead atoms. The smallest absolute Gasteiger partial charge is 0.122 e. The Morgan fingerprint density at radius 2 is 1.96 bits per heavy atom. The summed E-state index contributed by atoms with van der Waals surface area (Å²) < 4.78 is 3.02. The molecule has 0 N–H and O–H groups in total. The molecule has 4 rings (SSSR count). The molecule has 5 heteroatoms. The van der Waals surface area contributed by atoms with E-state index < -0.39 is 0 Å². The maximum Gasteiger partial charge on any atom is 0.122 e. The van der Waals surface area contributed by atoms with Crippen molar-refractivity contribution >= 4 is 33.2 Å². The molecule has 2 heterocycles. The van der Waals surface area contributed by atoms with Crippen LogP contribution in [0.1, 0.15) is 16.7 Å². The fourth-order valence-electron chi connectivity index (χ4n) is 2.93. The number of halogens is 1. The molecule has 0 radical (unpaired) electrons. The number of benzene rings is 2. The van der Waals surface area contributed by atoms with Gasteiger partial charge in [0, 0.05) is 28.2 Å². The third-order valence-electron chi connectivity index (χ3n) is 4.29. The Morgan fingerprint density at radius 1 is 1.08 bits per heavy atom. The van der Waals surface area contributed by atoms with E-state index in [-0.39, 0.29) is 0 Å². The Bertz CT molecular complexity index is 1090. The average Bonchev–Trinajstić information content (AvgIpc) is 3.06. The van der Waals surface area contributed by atoms with E-state index in [4.69, 9.17) is 5.10 Å². The lowest BCUT2D eigenvalue weighted by Gasteiger charge is -2.03. The first-order valence-electron chi connectivity index (χ1n) is 8.39. The van der Waals surface area contributed by atoms with Gasteiger partial charge in [0.25, 0.3) is 0 Å². The largest absolute Gasteiger partial charge is 0.246 e. The Kier molecular flexibility index (Phi) is 4.83. The van der Waals surface area contributed by atoms with Crippen molar-refractivity contribution in [2.45, 2.75) is 24.6 Å². The van der Waals surface area contributed by atoms with Crippen molar-refractivity contribution in [1.82, 2.24) is 14.6 Å². The molecule has 0 saturated heterocycles. The van der Waals surface area contributed by atoms with Gasteiger partial charge in [-0.3, -0.25) is 0 Å². The van der Waals surface area contributed by atoms with Crippen LogP contribution in [0.15, 0.2) is 70.4 Å². The van der Waals surface area contributed by atoms with Crippen LogP contribution < -0.4 is 0 Å². The number of rotatable bonds is 4. The summed E-state index contributed by atoms with van der Waals surface area (Å²) in [5.74, 6) is 0.871. The average molecular weight is 424 g/mol. The first kappa shape index (κ1) is 17.3. The highest BCUT2D eigenvalue weighted by Gasteiger charge is 2.11. The third kappa shape index (κ3) is 3.55. The predicted molar refractivity (Wildman–Crippen MR) is 112 cm³/mol. The van der Waals surface area contributed by atoms with Gasteiger partial charge in [-0.2, -0.15) is 5.10 Å². The standard InChI is InChI=1S/C21H18BrN3S/c1-14-6-7-15(2)18(10-14)19-12-20-21(23-8-9-25(20)24-19)26-13-16-4-3-5-17(22)11-16/h3-12H,13H2,1-2H3. The summed E-state index contributed by atoms with van der Waals surface area (Å²) in [6.45, 7) is 4.24. The van der Waals surface area contributed by atoms with Crippen LogP contribution in [-0.2, 0) is 5.75 Å². The van der Waals surface area contributed by atoms with Crippen molar-refractivity contribution in [1.29, 1.82) is 0 Å². The van der Waals surface area contributed by atoms with Crippen molar-refractivity contribution in [3.63, 3.8) is 0 Å². The summed E-state index contributed by atoms with van der Waals surface area (Å²) in [6, 6.07) is 17.0. The molecule has 0 saturated carbocycles. The molecule has 2 aromatic carbocycles. The van der Waals surface area contributed by atoms with Gasteiger partial charge in [0.1, 0.15) is 5.03 Å². The van der Waals surface area contributed by atoms with Crippen LogP contribution in [0.5, 0.6) is 0 Å². The Morgan fingerprint density at radius 3 is 2.81 bits per heavy atom. The minimum Gasteiger partial charge on any atom is -0.246 e. The Balaban J connectivity index is 1.68. The molecule has 0 aliphatic rings. The summed E-state index contributed by atoms with van der Waals surface area (Å²) in [5.41, 5.74) is 6.95. The van der Waals surface area contributed by atoms with Crippen LogP contribution in [0, 0.1) is 13.8 Å². The molecule has 2 aromatic heterocycles. The van der Waals surface area contributed by atoms with E-state index >= 15 is 0 Å². The van der Waals surface area contributed by atoms with Crippen LogP contribution in [0.3, 0.4) is 0 Å². The molecule has 4 aromatic rings. The minimum absolute atomic E-state index is 0.871. The zero-order valence-electron chi connectivity index (χ0n) is 14.6. The van der Waals surface area contributed by atoms with E-state index in [9.17, 15) is 0 Å². The third-order valence-corrected chi connectivity index (χ3v) is 5.85. The molecular formula is C21H18BrN3S. The summed E-state index contributed by atoms with van der Waals surface area (Å²) in [7, 11) is 0. The zero-order chi connectivity index (χ0) is 18.1. The van der Waals surface area contributed by atoms with Crippen LogP contribution in [-0.4, -0.2) is 14.6 Å². The van der Waals surface area contributed by atoms with Crippen molar-refractivity contribution in [2.24, 2.45) is 0 Å². The van der Waals surface area contributed by atoms with Crippen molar-refractivity contribution in [3.8, 4) is 11.3 Å². The molecule has 0 fully saturated rings. The number of nitrogens with zero attached hydrogens (tertiary/aromatic N) is 3. The molecule has 130 valence electrons. The van der Waals surface area contributed by atoms with Crippen LogP contribution in [0.25, 0.3) is 16.8 Å². The molecule has 0 spiro atoms. The minimum atomic E-state index is 0.871. The van der Waals surface area contributed by atoms with Crippen molar-refractivity contribution in [3.05, 3.63) is 82.1 Å². The topological polar surface area (TPSA) is 30.2 Å². The lowest BCUT2D eigenvalue weighted by Crippen LogP contribution is -1.92. The molecule has 3 nitrogen and oxygen atoms in total. The van der Waals surface area contributed by atoms with E-state index in [1.807, 2.05) is 23.0 Å². The number of thioether (sulfide) groups is 1.